The van der Waals surface area contributed by atoms with E-state index in [1.165, 1.54) is 6.07 Å². The van der Waals surface area contributed by atoms with E-state index in [2.05, 4.69) is 15.5 Å². The van der Waals surface area contributed by atoms with Gasteiger partial charge in [-0.15, -0.1) is 0 Å². The summed E-state index contributed by atoms with van der Waals surface area (Å²) >= 11 is 0. The molecule has 1 heterocycles. The van der Waals surface area contributed by atoms with Gasteiger partial charge in [0.05, 0.1) is 12.6 Å². The maximum absolute atomic E-state index is 13.6. The molecule has 1 aromatic rings. The number of aryl methyl sites for hydroxylation is 1. The molecule has 25 heavy (non-hydrogen) atoms. The second kappa shape index (κ2) is 8.80. The number of hydrogen-bond donors (Lipinski definition) is 2. The number of ether oxygens (including phenoxy) is 1. The number of nitrogens with one attached hydrogen (secondary N) is 2. The Morgan fingerprint density at radius 2 is 2.04 bits per heavy atom. The first-order chi connectivity index (χ1) is 11.9. The summed E-state index contributed by atoms with van der Waals surface area (Å²) < 4.78 is 18.5. The Morgan fingerprint density at radius 1 is 1.36 bits per heavy atom. The van der Waals surface area contributed by atoms with E-state index in [1.807, 2.05) is 6.92 Å². The van der Waals surface area contributed by atoms with Gasteiger partial charge in [0.1, 0.15) is 5.82 Å². The highest BCUT2D eigenvalue weighted by Gasteiger charge is 2.27. The van der Waals surface area contributed by atoms with Gasteiger partial charge in [-0.2, -0.15) is 0 Å². The highest BCUT2D eigenvalue weighted by atomic mass is 19.1. The van der Waals surface area contributed by atoms with Gasteiger partial charge in [-0.3, -0.25) is 9.69 Å². The average Bonchev–Trinajstić information content (AvgIpc) is 2.58. The van der Waals surface area contributed by atoms with Crippen LogP contribution in [0.2, 0.25) is 0 Å². The molecule has 2 amide bonds. The van der Waals surface area contributed by atoms with E-state index in [1.54, 1.807) is 26.0 Å². The Morgan fingerprint density at radius 3 is 2.64 bits per heavy atom. The maximum Gasteiger partial charge on any atom is 0.407 e. The van der Waals surface area contributed by atoms with Gasteiger partial charge in [0.2, 0.25) is 5.91 Å². The molecular weight excluding hydrogens is 325 g/mol. The number of hydrogen-bond acceptors (Lipinski definition) is 4. The van der Waals surface area contributed by atoms with Gasteiger partial charge >= 0.3 is 6.09 Å². The number of halogens is 1. The van der Waals surface area contributed by atoms with Crippen LogP contribution in [0.1, 0.15) is 32.3 Å². The number of piperidine rings is 1. The van der Waals surface area contributed by atoms with Crippen molar-refractivity contribution in [3.05, 3.63) is 29.6 Å². The van der Waals surface area contributed by atoms with Gasteiger partial charge < -0.3 is 15.4 Å². The largest absolute Gasteiger partial charge is 0.450 e. The Balaban J connectivity index is 1.82. The summed E-state index contributed by atoms with van der Waals surface area (Å²) in [6, 6.07) is 4.40. The molecule has 1 saturated heterocycles. The molecule has 1 aliphatic heterocycles. The van der Waals surface area contributed by atoms with Crippen molar-refractivity contribution in [2.45, 2.75) is 45.7 Å². The molecule has 0 radical (unpaired) electrons. The minimum absolute atomic E-state index is 0.0664. The number of carbonyl (C=O) groups excluding carboxylic acids is 2. The van der Waals surface area contributed by atoms with Gasteiger partial charge in [-0.05, 0) is 51.3 Å². The van der Waals surface area contributed by atoms with Gasteiger partial charge in [-0.1, -0.05) is 6.07 Å². The highest BCUT2D eigenvalue weighted by molar-refractivity contribution is 5.94. The van der Waals surface area contributed by atoms with Crippen molar-refractivity contribution in [3.63, 3.8) is 0 Å². The van der Waals surface area contributed by atoms with Crippen LogP contribution in [0.5, 0.6) is 0 Å². The van der Waals surface area contributed by atoms with Crippen molar-refractivity contribution in [1.82, 2.24) is 10.2 Å². The zero-order chi connectivity index (χ0) is 18.4. The third-order valence-corrected chi connectivity index (χ3v) is 4.49. The fourth-order valence-electron chi connectivity index (χ4n) is 2.85. The first kappa shape index (κ1) is 19.2. The van der Waals surface area contributed by atoms with Crippen LogP contribution in [0.4, 0.5) is 14.9 Å². The molecule has 0 unspecified atom stereocenters. The van der Waals surface area contributed by atoms with Crippen molar-refractivity contribution in [2.75, 3.05) is 25.0 Å². The minimum atomic E-state index is -0.395. The quantitative estimate of drug-likeness (QED) is 0.856. The molecule has 7 heteroatoms. The van der Waals surface area contributed by atoms with Crippen LogP contribution in [-0.4, -0.2) is 48.7 Å². The summed E-state index contributed by atoms with van der Waals surface area (Å²) in [6.45, 7) is 7.03. The fraction of sp³-hybridized carbons (Fsp3) is 0.556. The zero-order valence-electron chi connectivity index (χ0n) is 15.0. The number of anilines is 1. The van der Waals surface area contributed by atoms with Gasteiger partial charge in [0, 0.05) is 24.8 Å². The van der Waals surface area contributed by atoms with Crippen LogP contribution < -0.4 is 10.6 Å². The van der Waals surface area contributed by atoms with Crippen molar-refractivity contribution < 1.29 is 18.7 Å². The van der Waals surface area contributed by atoms with E-state index >= 15 is 0 Å². The molecule has 2 N–H and O–H groups in total. The van der Waals surface area contributed by atoms with Crippen LogP contribution in [0, 0.1) is 12.7 Å². The summed E-state index contributed by atoms with van der Waals surface area (Å²) in [4.78, 5) is 25.9. The molecule has 138 valence electrons. The lowest BCUT2D eigenvalue weighted by Crippen LogP contribution is -2.50. The molecule has 0 saturated carbocycles. The Labute approximate surface area is 147 Å². The zero-order valence-corrected chi connectivity index (χ0v) is 15.0. The van der Waals surface area contributed by atoms with E-state index in [0.29, 0.717) is 30.9 Å². The fourth-order valence-corrected chi connectivity index (χ4v) is 2.85. The smallest absolute Gasteiger partial charge is 0.407 e. The summed E-state index contributed by atoms with van der Waals surface area (Å²) in [7, 11) is 0. The predicted octanol–water partition coefficient (Wildman–Crippen LogP) is 2.67. The van der Waals surface area contributed by atoms with Crippen molar-refractivity contribution >= 4 is 17.7 Å². The van der Waals surface area contributed by atoms with Gasteiger partial charge in [0.15, 0.2) is 0 Å². The van der Waals surface area contributed by atoms with Crippen LogP contribution in [0.3, 0.4) is 0 Å². The molecule has 0 aliphatic carbocycles. The molecule has 0 spiro atoms. The second-order valence-corrected chi connectivity index (χ2v) is 6.30. The normalized spacial score (nSPS) is 17.0. The molecule has 0 aromatic heterocycles. The summed E-state index contributed by atoms with van der Waals surface area (Å²) in [5.41, 5.74) is 1.00. The monoisotopic (exact) mass is 351 g/mol. The number of rotatable bonds is 5. The lowest BCUT2D eigenvalue weighted by atomic mass is 10.0. The first-order valence-corrected chi connectivity index (χ1v) is 8.65. The minimum Gasteiger partial charge on any atom is -0.450 e. The number of benzene rings is 1. The van der Waals surface area contributed by atoms with E-state index in [0.717, 1.165) is 12.8 Å². The lowest BCUT2D eigenvalue weighted by Gasteiger charge is -2.35. The van der Waals surface area contributed by atoms with E-state index in [-0.39, 0.29) is 23.8 Å². The topological polar surface area (TPSA) is 70.7 Å². The number of carbonyl (C=O) groups is 2. The molecule has 1 aliphatic rings. The van der Waals surface area contributed by atoms with Crippen molar-refractivity contribution in [3.8, 4) is 0 Å². The first-order valence-electron chi connectivity index (χ1n) is 8.65. The summed E-state index contributed by atoms with van der Waals surface area (Å²) in [5.74, 6) is -0.503. The number of alkyl carbamates (subject to hydrolysis) is 1. The molecular formula is C18H26FN3O3. The highest BCUT2D eigenvalue weighted by Crippen LogP contribution is 2.17. The second-order valence-electron chi connectivity index (χ2n) is 6.30. The molecule has 1 atom stereocenters. The van der Waals surface area contributed by atoms with Crippen LogP contribution >= 0.6 is 0 Å². The molecule has 0 bridgehead atoms. The number of likely N-dealkylation sites (tertiary alicyclic amines) is 1. The molecule has 2 rings (SSSR count). The van der Waals surface area contributed by atoms with Crippen LogP contribution in [0.15, 0.2) is 18.2 Å². The van der Waals surface area contributed by atoms with Crippen molar-refractivity contribution in [2.24, 2.45) is 0 Å². The third kappa shape index (κ3) is 5.42. The standard InChI is InChI=1S/C18H26FN3O3/c1-4-25-18(24)21-14-7-9-22(10-8-14)13(3)17(23)20-15-6-5-12(2)16(19)11-15/h5-6,11,13-14H,4,7-10H2,1-3H3,(H,20,23)(H,21,24)/t13-/m0/s1. The van der Waals surface area contributed by atoms with Gasteiger partial charge in [0.25, 0.3) is 0 Å². The molecule has 6 nitrogen and oxygen atoms in total. The maximum atomic E-state index is 13.6. The molecule has 1 fully saturated rings. The van der Waals surface area contributed by atoms with Crippen LogP contribution in [0.25, 0.3) is 0 Å². The lowest BCUT2D eigenvalue weighted by molar-refractivity contribution is -0.121. The Hall–Kier alpha value is -2.15. The Kier molecular flexibility index (Phi) is 6.75. The van der Waals surface area contributed by atoms with E-state index < -0.39 is 6.09 Å². The van der Waals surface area contributed by atoms with Crippen molar-refractivity contribution in [1.29, 1.82) is 0 Å². The third-order valence-electron chi connectivity index (χ3n) is 4.49. The number of nitrogens with zero attached hydrogens (tertiary/aromatic N) is 1. The summed E-state index contributed by atoms with van der Waals surface area (Å²) in [5, 5.41) is 5.59. The predicted molar refractivity (Wildman–Crippen MR) is 94.0 cm³/mol. The van der Waals surface area contributed by atoms with E-state index in [9.17, 15) is 14.0 Å². The average molecular weight is 351 g/mol. The molecule has 1 aromatic carbocycles. The van der Waals surface area contributed by atoms with Gasteiger partial charge in [-0.25, -0.2) is 9.18 Å². The number of amides is 2. The SMILES string of the molecule is CCOC(=O)NC1CCN([C@@H](C)C(=O)Nc2ccc(C)c(F)c2)CC1. The van der Waals surface area contributed by atoms with Crippen LogP contribution in [-0.2, 0) is 9.53 Å². The Bertz CT molecular complexity index is 616. The summed E-state index contributed by atoms with van der Waals surface area (Å²) in [6.07, 6.45) is 1.12. The van der Waals surface area contributed by atoms with E-state index in [4.69, 9.17) is 4.74 Å².